The van der Waals surface area contributed by atoms with E-state index >= 15 is 0 Å². The molecule has 2 rings (SSSR count). The molecule has 7 heteroatoms. The number of nitrogens with zero attached hydrogens (tertiary/aromatic N) is 2. The zero-order valence-corrected chi connectivity index (χ0v) is 10.6. The van der Waals surface area contributed by atoms with Crippen LogP contribution in [0.3, 0.4) is 0 Å². The van der Waals surface area contributed by atoms with E-state index in [-0.39, 0.29) is 21.7 Å². The monoisotopic (exact) mass is 289 g/mol. The Hall–Kier alpha value is -1.23. The van der Waals surface area contributed by atoms with E-state index in [0.717, 1.165) is 0 Å². The van der Waals surface area contributed by atoms with Crippen molar-refractivity contribution in [2.24, 2.45) is 0 Å². The Morgan fingerprint density at radius 2 is 1.82 bits per heavy atom. The van der Waals surface area contributed by atoms with Gasteiger partial charge in [-0.05, 0) is 12.1 Å². The molecule has 0 radical (unpaired) electrons. The van der Waals surface area contributed by atoms with Crippen molar-refractivity contribution in [2.75, 3.05) is 5.73 Å². The van der Waals surface area contributed by atoms with Gasteiger partial charge in [0.15, 0.2) is 0 Å². The number of rotatable bonds is 2. The van der Waals surface area contributed by atoms with Crippen molar-refractivity contribution in [1.29, 1.82) is 0 Å². The summed E-state index contributed by atoms with van der Waals surface area (Å²) in [5.74, 6) is 0.609. The molecule has 0 unspecified atom stereocenters. The molecule has 1 heterocycles. The molecule has 2 aromatic rings. The molecule has 0 saturated carbocycles. The first-order valence-electron chi connectivity index (χ1n) is 4.47. The van der Waals surface area contributed by atoms with E-state index in [1.54, 1.807) is 18.2 Å². The van der Waals surface area contributed by atoms with Crippen molar-refractivity contribution < 1.29 is 4.74 Å². The topological polar surface area (TPSA) is 61.0 Å². The summed E-state index contributed by atoms with van der Waals surface area (Å²) in [7, 11) is 0. The second-order valence-electron chi connectivity index (χ2n) is 3.03. The van der Waals surface area contributed by atoms with E-state index in [1.165, 1.54) is 6.33 Å². The highest BCUT2D eigenvalue weighted by Crippen LogP contribution is 2.36. The molecule has 2 N–H and O–H groups in total. The van der Waals surface area contributed by atoms with E-state index < -0.39 is 0 Å². The molecule has 0 aliphatic rings. The third-order valence-electron chi connectivity index (χ3n) is 1.91. The van der Waals surface area contributed by atoms with E-state index in [2.05, 4.69) is 9.97 Å². The van der Waals surface area contributed by atoms with Crippen molar-refractivity contribution in [3.05, 3.63) is 39.6 Å². The Bertz CT molecular complexity index is 513. The molecule has 0 amide bonds. The number of anilines is 1. The Morgan fingerprint density at radius 3 is 2.59 bits per heavy atom. The van der Waals surface area contributed by atoms with Gasteiger partial charge in [-0.15, -0.1) is 0 Å². The number of hydrogen-bond donors (Lipinski definition) is 1. The largest absolute Gasteiger partial charge is 0.436 e. The summed E-state index contributed by atoms with van der Waals surface area (Å²) in [6.45, 7) is 0. The first-order chi connectivity index (χ1) is 8.09. The molecular weight excluding hydrogens is 284 g/mol. The van der Waals surface area contributed by atoms with Crippen LogP contribution in [-0.2, 0) is 0 Å². The number of nitrogens with two attached hydrogens (primary N) is 1. The number of halogens is 3. The zero-order chi connectivity index (χ0) is 12.4. The molecule has 1 aromatic heterocycles. The lowest BCUT2D eigenvalue weighted by Gasteiger charge is -2.08. The van der Waals surface area contributed by atoms with Gasteiger partial charge in [0.1, 0.15) is 27.9 Å². The summed E-state index contributed by atoms with van der Waals surface area (Å²) < 4.78 is 5.42. The standard InChI is InChI=1S/C10H6Cl3N3O/c11-5-2-1-3-6(7(5)12)17-10-8(13)9(14)15-4-16-10/h1-4H,(H2,14,15,16). The van der Waals surface area contributed by atoms with Crippen LogP contribution in [0.5, 0.6) is 11.6 Å². The Kier molecular flexibility index (Phi) is 3.57. The molecule has 0 aliphatic carbocycles. The second-order valence-corrected chi connectivity index (χ2v) is 4.20. The van der Waals surface area contributed by atoms with Crippen LogP contribution in [0.4, 0.5) is 5.82 Å². The SMILES string of the molecule is Nc1ncnc(Oc2cccc(Cl)c2Cl)c1Cl. The van der Waals surface area contributed by atoms with Crippen molar-refractivity contribution in [3.8, 4) is 11.6 Å². The quantitative estimate of drug-likeness (QED) is 0.913. The second kappa shape index (κ2) is 4.96. The molecule has 0 spiro atoms. The Morgan fingerprint density at radius 1 is 1.06 bits per heavy atom. The van der Waals surface area contributed by atoms with Crippen molar-refractivity contribution >= 4 is 40.6 Å². The summed E-state index contributed by atoms with van der Waals surface area (Å²) in [6.07, 6.45) is 1.25. The lowest BCUT2D eigenvalue weighted by Crippen LogP contribution is -1.96. The van der Waals surface area contributed by atoms with Gasteiger partial charge in [-0.3, -0.25) is 0 Å². The predicted octanol–water partition coefficient (Wildman–Crippen LogP) is 3.81. The average molecular weight is 291 g/mol. The van der Waals surface area contributed by atoms with Gasteiger partial charge < -0.3 is 10.5 Å². The maximum atomic E-state index is 5.96. The maximum absolute atomic E-state index is 5.96. The summed E-state index contributed by atoms with van der Waals surface area (Å²) in [5.41, 5.74) is 5.52. The summed E-state index contributed by atoms with van der Waals surface area (Å²) >= 11 is 17.7. The smallest absolute Gasteiger partial charge is 0.243 e. The van der Waals surface area contributed by atoms with Crippen molar-refractivity contribution in [3.63, 3.8) is 0 Å². The summed E-state index contributed by atoms with van der Waals surface area (Å²) in [6, 6.07) is 4.98. The maximum Gasteiger partial charge on any atom is 0.243 e. The van der Waals surface area contributed by atoms with Gasteiger partial charge in [0, 0.05) is 0 Å². The molecule has 1 aromatic carbocycles. The first kappa shape index (κ1) is 12.2. The molecule has 88 valence electrons. The number of ether oxygens (including phenoxy) is 1. The van der Waals surface area contributed by atoms with Crippen LogP contribution in [0.1, 0.15) is 0 Å². The van der Waals surface area contributed by atoms with Crippen LogP contribution in [0.15, 0.2) is 24.5 Å². The van der Waals surface area contributed by atoms with E-state index in [9.17, 15) is 0 Å². The molecular formula is C10H6Cl3N3O. The molecule has 0 fully saturated rings. The van der Waals surface area contributed by atoms with Gasteiger partial charge in [-0.2, -0.15) is 4.98 Å². The van der Waals surface area contributed by atoms with Gasteiger partial charge in [-0.25, -0.2) is 4.98 Å². The Balaban J connectivity index is 2.38. The fourth-order valence-electron chi connectivity index (χ4n) is 1.10. The third-order valence-corrected chi connectivity index (χ3v) is 3.06. The van der Waals surface area contributed by atoms with Crippen LogP contribution in [0.25, 0.3) is 0 Å². The molecule has 0 atom stereocenters. The molecule has 0 bridgehead atoms. The van der Waals surface area contributed by atoms with E-state index in [4.69, 9.17) is 45.3 Å². The molecule has 4 nitrogen and oxygen atoms in total. The highest BCUT2D eigenvalue weighted by atomic mass is 35.5. The van der Waals surface area contributed by atoms with Crippen molar-refractivity contribution in [1.82, 2.24) is 9.97 Å². The van der Waals surface area contributed by atoms with Crippen LogP contribution >= 0.6 is 34.8 Å². The fourth-order valence-corrected chi connectivity index (χ4v) is 1.57. The minimum atomic E-state index is 0.128. The molecule has 0 aliphatic heterocycles. The van der Waals surface area contributed by atoms with Crippen LogP contribution in [0, 0.1) is 0 Å². The molecule has 0 saturated heterocycles. The average Bonchev–Trinajstić information content (AvgIpc) is 2.31. The molecule has 17 heavy (non-hydrogen) atoms. The lowest BCUT2D eigenvalue weighted by atomic mass is 10.3. The minimum absolute atomic E-state index is 0.128. The summed E-state index contributed by atoms with van der Waals surface area (Å²) in [4.78, 5) is 7.57. The lowest BCUT2D eigenvalue weighted by molar-refractivity contribution is 0.462. The van der Waals surface area contributed by atoms with Gasteiger partial charge in [0.05, 0.1) is 5.02 Å². The number of benzene rings is 1. The first-order valence-corrected chi connectivity index (χ1v) is 5.61. The van der Waals surface area contributed by atoms with Gasteiger partial charge in [-0.1, -0.05) is 40.9 Å². The van der Waals surface area contributed by atoms with Gasteiger partial charge in [0.25, 0.3) is 0 Å². The van der Waals surface area contributed by atoms with Crippen LogP contribution in [0.2, 0.25) is 15.1 Å². The van der Waals surface area contributed by atoms with E-state index in [1.807, 2.05) is 0 Å². The highest BCUT2D eigenvalue weighted by molar-refractivity contribution is 6.43. The fraction of sp³-hybridized carbons (Fsp3) is 0. The van der Waals surface area contributed by atoms with Crippen LogP contribution < -0.4 is 10.5 Å². The third kappa shape index (κ3) is 2.54. The summed E-state index contributed by atoms with van der Waals surface area (Å²) in [5, 5.41) is 0.785. The normalized spacial score (nSPS) is 10.3. The highest BCUT2D eigenvalue weighted by Gasteiger charge is 2.12. The zero-order valence-electron chi connectivity index (χ0n) is 8.32. The number of hydrogen-bond acceptors (Lipinski definition) is 4. The van der Waals surface area contributed by atoms with E-state index in [0.29, 0.717) is 10.8 Å². The van der Waals surface area contributed by atoms with Crippen LogP contribution in [-0.4, -0.2) is 9.97 Å². The number of aromatic nitrogens is 2. The van der Waals surface area contributed by atoms with Gasteiger partial charge in [0.2, 0.25) is 5.88 Å². The minimum Gasteiger partial charge on any atom is -0.436 e. The Labute approximate surface area is 112 Å². The van der Waals surface area contributed by atoms with Gasteiger partial charge >= 0.3 is 0 Å². The number of nitrogen functional groups attached to an aromatic ring is 1. The van der Waals surface area contributed by atoms with Crippen molar-refractivity contribution in [2.45, 2.75) is 0 Å². The predicted molar refractivity (Wildman–Crippen MR) is 68.0 cm³/mol.